The minimum absolute atomic E-state index is 0.247. The zero-order chi connectivity index (χ0) is 16.6. The Morgan fingerprint density at radius 2 is 1.78 bits per heavy atom. The number of sulfonamides is 1. The van der Waals surface area contributed by atoms with Crippen LogP contribution in [0.4, 0.5) is 0 Å². The molecule has 120 valence electrons. The Balaban J connectivity index is 1.93. The van der Waals surface area contributed by atoms with Gasteiger partial charge in [0.2, 0.25) is 10.0 Å². The zero-order valence-corrected chi connectivity index (χ0v) is 14.2. The highest BCUT2D eigenvalue weighted by molar-refractivity contribution is 7.89. The highest BCUT2D eigenvalue weighted by Gasteiger charge is 2.23. The number of rotatable bonds is 4. The number of fused-ring (bicyclic) bond motifs is 1. The van der Waals surface area contributed by atoms with E-state index in [1.54, 1.807) is 25.6 Å². The molecule has 0 aliphatic heterocycles. The van der Waals surface area contributed by atoms with Gasteiger partial charge in [0.1, 0.15) is 4.90 Å². The largest absolute Gasteiger partial charge is 0.271 e. The van der Waals surface area contributed by atoms with Gasteiger partial charge in [0.25, 0.3) is 0 Å². The number of aromatic nitrogens is 2. The maximum Gasteiger partial charge on any atom is 0.244 e. The molecule has 0 unspecified atom stereocenters. The summed E-state index contributed by atoms with van der Waals surface area (Å²) in [5.74, 6) is 0. The fourth-order valence-electron chi connectivity index (χ4n) is 2.83. The minimum atomic E-state index is -3.60. The summed E-state index contributed by atoms with van der Waals surface area (Å²) in [4.78, 5) is 0.264. The first-order valence-corrected chi connectivity index (χ1v) is 8.85. The van der Waals surface area contributed by atoms with Crippen LogP contribution in [0.25, 0.3) is 10.8 Å². The third-order valence-corrected chi connectivity index (χ3v) is 5.70. The van der Waals surface area contributed by atoms with Gasteiger partial charge in [0.15, 0.2) is 0 Å². The molecule has 5 nitrogen and oxygen atoms in total. The summed E-state index contributed by atoms with van der Waals surface area (Å²) < 4.78 is 29.5. The molecule has 0 bridgehead atoms. The fourth-order valence-corrected chi connectivity index (χ4v) is 4.28. The van der Waals surface area contributed by atoms with E-state index in [1.807, 2.05) is 42.5 Å². The molecule has 0 spiro atoms. The molecule has 0 fully saturated rings. The first kappa shape index (κ1) is 15.7. The standard InChI is InChI=1S/C17H19N3O2S/c1-12-17(13(2)20(3)19-12)23(21,22)18-11-15-9-6-8-14-7-4-5-10-16(14)15/h4-10,18H,11H2,1-3H3. The molecule has 0 radical (unpaired) electrons. The summed E-state index contributed by atoms with van der Waals surface area (Å²) >= 11 is 0. The van der Waals surface area contributed by atoms with Gasteiger partial charge < -0.3 is 0 Å². The lowest BCUT2D eigenvalue weighted by atomic mass is 10.1. The summed E-state index contributed by atoms with van der Waals surface area (Å²) in [5, 5.41) is 6.33. The second-order valence-electron chi connectivity index (χ2n) is 5.59. The van der Waals surface area contributed by atoms with Gasteiger partial charge in [-0.05, 0) is 30.2 Å². The van der Waals surface area contributed by atoms with Crippen molar-refractivity contribution in [3.05, 3.63) is 59.4 Å². The predicted octanol–water partition coefficient (Wildman–Crippen LogP) is 2.67. The summed E-state index contributed by atoms with van der Waals surface area (Å²) in [6.45, 7) is 3.71. The smallest absolute Gasteiger partial charge is 0.244 e. The highest BCUT2D eigenvalue weighted by atomic mass is 32.2. The van der Waals surface area contributed by atoms with Gasteiger partial charge in [-0.2, -0.15) is 5.10 Å². The Kier molecular flexibility index (Phi) is 3.95. The molecule has 3 aromatic rings. The van der Waals surface area contributed by atoms with E-state index in [0.29, 0.717) is 11.4 Å². The lowest BCUT2D eigenvalue weighted by molar-refractivity contribution is 0.580. The van der Waals surface area contributed by atoms with Gasteiger partial charge in [0.05, 0.1) is 11.4 Å². The van der Waals surface area contributed by atoms with Crippen molar-refractivity contribution in [2.45, 2.75) is 25.3 Å². The average Bonchev–Trinajstić information content (AvgIpc) is 2.78. The van der Waals surface area contributed by atoms with Crippen molar-refractivity contribution in [2.75, 3.05) is 0 Å². The van der Waals surface area contributed by atoms with E-state index in [0.717, 1.165) is 16.3 Å². The lowest BCUT2D eigenvalue weighted by Gasteiger charge is -2.09. The molecule has 1 aromatic heterocycles. The average molecular weight is 329 g/mol. The Bertz CT molecular complexity index is 969. The Labute approximate surface area is 136 Å². The van der Waals surface area contributed by atoms with Crippen LogP contribution in [0.1, 0.15) is 17.0 Å². The van der Waals surface area contributed by atoms with Crippen molar-refractivity contribution in [1.29, 1.82) is 0 Å². The third kappa shape index (κ3) is 2.87. The number of nitrogens with one attached hydrogen (secondary N) is 1. The summed E-state index contributed by atoms with van der Waals surface area (Å²) in [6.07, 6.45) is 0. The molecule has 6 heteroatoms. The topological polar surface area (TPSA) is 64.0 Å². The van der Waals surface area contributed by atoms with Crippen LogP contribution in [0.3, 0.4) is 0 Å². The predicted molar refractivity (Wildman–Crippen MR) is 90.7 cm³/mol. The van der Waals surface area contributed by atoms with Crippen LogP contribution in [0, 0.1) is 13.8 Å². The number of hydrogen-bond acceptors (Lipinski definition) is 3. The van der Waals surface area contributed by atoms with E-state index in [4.69, 9.17) is 0 Å². The van der Waals surface area contributed by atoms with E-state index < -0.39 is 10.0 Å². The molecule has 0 atom stereocenters. The van der Waals surface area contributed by atoms with E-state index in [-0.39, 0.29) is 11.4 Å². The van der Waals surface area contributed by atoms with E-state index in [9.17, 15) is 8.42 Å². The van der Waals surface area contributed by atoms with E-state index >= 15 is 0 Å². The number of aryl methyl sites for hydroxylation is 2. The van der Waals surface area contributed by atoms with Crippen molar-refractivity contribution in [3.8, 4) is 0 Å². The molecule has 23 heavy (non-hydrogen) atoms. The summed E-state index contributed by atoms with van der Waals surface area (Å²) in [7, 11) is -1.86. The lowest BCUT2D eigenvalue weighted by Crippen LogP contribution is -2.24. The minimum Gasteiger partial charge on any atom is -0.271 e. The zero-order valence-electron chi connectivity index (χ0n) is 13.4. The highest BCUT2D eigenvalue weighted by Crippen LogP contribution is 2.21. The number of benzene rings is 2. The molecule has 2 aromatic carbocycles. The van der Waals surface area contributed by atoms with Crippen molar-refractivity contribution in [2.24, 2.45) is 7.05 Å². The normalized spacial score (nSPS) is 12.0. The van der Waals surface area contributed by atoms with Crippen molar-refractivity contribution in [1.82, 2.24) is 14.5 Å². The van der Waals surface area contributed by atoms with Gasteiger partial charge >= 0.3 is 0 Å². The SMILES string of the molecule is Cc1nn(C)c(C)c1S(=O)(=O)NCc1cccc2ccccc12. The molecule has 0 amide bonds. The Hall–Kier alpha value is -2.18. The first-order valence-electron chi connectivity index (χ1n) is 7.36. The third-order valence-electron chi connectivity index (χ3n) is 4.04. The van der Waals surface area contributed by atoms with Crippen LogP contribution in [0.2, 0.25) is 0 Å². The Morgan fingerprint density at radius 3 is 2.48 bits per heavy atom. The number of nitrogens with zero attached hydrogens (tertiary/aromatic N) is 2. The molecule has 1 N–H and O–H groups in total. The van der Waals surface area contributed by atoms with Gasteiger partial charge in [-0.15, -0.1) is 0 Å². The second-order valence-corrected chi connectivity index (χ2v) is 7.29. The fraction of sp³-hybridized carbons (Fsp3) is 0.235. The van der Waals surface area contributed by atoms with E-state index in [1.165, 1.54) is 0 Å². The van der Waals surface area contributed by atoms with Crippen LogP contribution in [-0.2, 0) is 23.6 Å². The molecule has 1 heterocycles. The summed E-state index contributed by atoms with van der Waals surface area (Å²) in [5.41, 5.74) is 2.09. The molecule has 0 saturated heterocycles. The van der Waals surface area contributed by atoms with E-state index in [2.05, 4.69) is 9.82 Å². The molecule has 0 aliphatic carbocycles. The molecule has 0 aliphatic rings. The van der Waals surface area contributed by atoms with Crippen LogP contribution >= 0.6 is 0 Å². The molecular formula is C17H19N3O2S. The molecular weight excluding hydrogens is 310 g/mol. The maximum atomic E-state index is 12.6. The molecule has 3 rings (SSSR count). The number of hydrogen-bond donors (Lipinski definition) is 1. The maximum absolute atomic E-state index is 12.6. The summed E-state index contributed by atoms with van der Waals surface area (Å²) in [6, 6.07) is 13.8. The van der Waals surface area contributed by atoms with Crippen LogP contribution < -0.4 is 4.72 Å². The van der Waals surface area contributed by atoms with Gasteiger partial charge in [-0.3, -0.25) is 4.68 Å². The second kappa shape index (κ2) is 5.79. The first-order chi connectivity index (χ1) is 10.9. The van der Waals surface area contributed by atoms with Crippen molar-refractivity contribution in [3.63, 3.8) is 0 Å². The Morgan fingerprint density at radius 1 is 1.09 bits per heavy atom. The van der Waals surface area contributed by atoms with Gasteiger partial charge in [-0.1, -0.05) is 42.5 Å². The quantitative estimate of drug-likeness (QED) is 0.800. The molecule has 0 saturated carbocycles. The van der Waals surface area contributed by atoms with Crippen molar-refractivity contribution < 1.29 is 8.42 Å². The van der Waals surface area contributed by atoms with Crippen LogP contribution in [0.15, 0.2) is 47.4 Å². The van der Waals surface area contributed by atoms with Gasteiger partial charge in [0, 0.05) is 13.6 Å². The van der Waals surface area contributed by atoms with Gasteiger partial charge in [-0.25, -0.2) is 13.1 Å². The monoisotopic (exact) mass is 329 g/mol. The van der Waals surface area contributed by atoms with Crippen LogP contribution in [-0.4, -0.2) is 18.2 Å². The van der Waals surface area contributed by atoms with Crippen LogP contribution in [0.5, 0.6) is 0 Å². The van der Waals surface area contributed by atoms with Crippen molar-refractivity contribution >= 4 is 20.8 Å².